The van der Waals surface area contributed by atoms with Crippen LogP contribution in [0, 0.1) is 0 Å². The number of aromatic hydroxyl groups is 1. The first kappa shape index (κ1) is 15.2. The summed E-state index contributed by atoms with van der Waals surface area (Å²) in [5, 5.41) is 9.96. The summed E-state index contributed by atoms with van der Waals surface area (Å²) in [7, 11) is 1.60. The second-order valence-corrected chi connectivity index (χ2v) is 6.38. The van der Waals surface area contributed by atoms with Crippen molar-refractivity contribution in [2.24, 2.45) is 0 Å². The number of carbonyl (C=O) groups excluding carboxylic acids is 1. The highest BCUT2D eigenvalue weighted by molar-refractivity contribution is 6.45. The van der Waals surface area contributed by atoms with Crippen molar-refractivity contribution in [3.05, 3.63) is 57.1 Å². The maximum Gasteiger partial charge on any atom is 0.175 e. The van der Waals surface area contributed by atoms with Gasteiger partial charge in [0.15, 0.2) is 5.78 Å². The number of hydrogen-bond acceptors (Lipinski definition) is 3. The first-order chi connectivity index (χ1) is 10.4. The van der Waals surface area contributed by atoms with Gasteiger partial charge < -0.3 is 9.84 Å². The second-order valence-electron chi connectivity index (χ2n) is 5.62. The number of halogens is 2. The average molecular weight is 337 g/mol. The van der Waals surface area contributed by atoms with Crippen LogP contribution in [-0.2, 0) is 11.8 Å². The van der Waals surface area contributed by atoms with Crippen molar-refractivity contribution < 1.29 is 14.6 Å². The fraction of sp³-hybridized carbons (Fsp3) is 0.235. The van der Waals surface area contributed by atoms with Crippen LogP contribution < -0.4 is 4.74 Å². The van der Waals surface area contributed by atoms with Gasteiger partial charge in [-0.25, -0.2) is 0 Å². The molecule has 0 unspecified atom stereocenters. The number of ether oxygens (including phenoxy) is 1. The maximum absolute atomic E-state index is 12.9. The van der Waals surface area contributed by atoms with E-state index in [-0.39, 0.29) is 21.6 Å². The molecule has 0 amide bonds. The lowest BCUT2D eigenvalue weighted by Crippen LogP contribution is -2.29. The Morgan fingerprint density at radius 3 is 2.41 bits per heavy atom. The van der Waals surface area contributed by atoms with Gasteiger partial charge in [0, 0.05) is 5.56 Å². The molecule has 1 atom stereocenters. The molecule has 3 nitrogen and oxygen atoms in total. The minimum absolute atomic E-state index is 0.0211. The number of methoxy groups -OCH3 is 1. The monoisotopic (exact) mass is 336 g/mol. The van der Waals surface area contributed by atoms with Crippen LogP contribution in [-0.4, -0.2) is 18.0 Å². The molecule has 0 radical (unpaired) electrons. The largest absolute Gasteiger partial charge is 0.506 e. The quantitative estimate of drug-likeness (QED) is 0.883. The van der Waals surface area contributed by atoms with Crippen LogP contribution in [0.25, 0.3) is 0 Å². The van der Waals surface area contributed by atoms with Gasteiger partial charge in [-0.15, -0.1) is 0 Å². The molecule has 0 bridgehead atoms. The summed E-state index contributed by atoms with van der Waals surface area (Å²) in [6, 6.07) is 8.91. The fourth-order valence-electron chi connectivity index (χ4n) is 2.98. The molecule has 0 fully saturated rings. The van der Waals surface area contributed by atoms with Gasteiger partial charge in [0.25, 0.3) is 0 Å². The summed E-state index contributed by atoms with van der Waals surface area (Å²) < 4.78 is 5.15. The Labute approximate surface area is 138 Å². The van der Waals surface area contributed by atoms with Gasteiger partial charge in [0.05, 0.1) is 17.5 Å². The van der Waals surface area contributed by atoms with E-state index in [2.05, 4.69) is 0 Å². The smallest absolute Gasteiger partial charge is 0.175 e. The molecule has 1 aliphatic rings. The van der Waals surface area contributed by atoms with Crippen molar-refractivity contribution in [3.63, 3.8) is 0 Å². The van der Waals surface area contributed by atoms with Crippen LogP contribution >= 0.6 is 23.2 Å². The third-order valence-electron chi connectivity index (χ3n) is 4.27. The van der Waals surface area contributed by atoms with E-state index in [4.69, 9.17) is 27.9 Å². The lowest BCUT2D eigenvalue weighted by molar-refractivity contribution is 0.0915. The van der Waals surface area contributed by atoms with Gasteiger partial charge in [-0.05, 0) is 42.7 Å². The summed E-state index contributed by atoms with van der Waals surface area (Å²) in [5.41, 5.74) is 1.27. The Kier molecular flexibility index (Phi) is 3.58. The molecule has 114 valence electrons. The van der Waals surface area contributed by atoms with Gasteiger partial charge in [-0.1, -0.05) is 35.3 Å². The van der Waals surface area contributed by atoms with Crippen molar-refractivity contribution in [1.82, 2.24) is 0 Å². The summed E-state index contributed by atoms with van der Waals surface area (Å²) >= 11 is 12.1. The van der Waals surface area contributed by atoms with Crippen LogP contribution in [0.5, 0.6) is 11.5 Å². The number of hydrogen-bond donors (Lipinski definition) is 1. The van der Waals surface area contributed by atoms with E-state index in [0.29, 0.717) is 12.0 Å². The van der Waals surface area contributed by atoms with Crippen molar-refractivity contribution in [2.75, 3.05) is 7.11 Å². The predicted octanol–water partition coefficient (Wildman–Crippen LogP) is 4.40. The molecular weight excluding hydrogens is 323 g/mol. The molecular formula is C17H14Cl2O3. The molecule has 0 saturated heterocycles. The topological polar surface area (TPSA) is 46.5 Å². The number of phenols is 1. The van der Waals surface area contributed by atoms with Gasteiger partial charge in [-0.3, -0.25) is 4.79 Å². The molecule has 0 spiro atoms. The lowest BCUT2D eigenvalue weighted by atomic mass is 9.79. The molecule has 0 saturated carbocycles. The zero-order chi connectivity index (χ0) is 16.1. The zero-order valence-corrected chi connectivity index (χ0v) is 13.6. The number of rotatable bonds is 2. The number of benzene rings is 2. The Hall–Kier alpha value is -1.71. The Morgan fingerprint density at radius 2 is 1.82 bits per heavy atom. The van der Waals surface area contributed by atoms with Crippen molar-refractivity contribution >= 4 is 29.0 Å². The summed E-state index contributed by atoms with van der Waals surface area (Å²) in [6.45, 7) is 1.87. The van der Waals surface area contributed by atoms with E-state index in [9.17, 15) is 9.90 Å². The van der Waals surface area contributed by atoms with E-state index in [1.54, 1.807) is 7.11 Å². The SMILES string of the molecule is COc1ccc([C@]2(C)Cc3cc(O)c(Cl)c(Cl)c3C2=O)cc1. The van der Waals surface area contributed by atoms with Gasteiger partial charge in [-0.2, -0.15) is 0 Å². The minimum atomic E-state index is -0.727. The predicted molar refractivity (Wildman–Crippen MR) is 86.5 cm³/mol. The van der Waals surface area contributed by atoms with Crippen molar-refractivity contribution in [1.29, 1.82) is 0 Å². The van der Waals surface area contributed by atoms with Crippen molar-refractivity contribution in [2.45, 2.75) is 18.8 Å². The number of fused-ring (bicyclic) bond motifs is 1. The van der Waals surface area contributed by atoms with Crippen molar-refractivity contribution in [3.8, 4) is 11.5 Å². The van der Waals surface area contributed by atoms with E-state index in [1.165, 1.54) is 6.07 Å². The molecule has 2 aromatic rings. The normalized spacial score (nSPS) is 20.1. The van der Waals surface area contributed by atoms with Crippen LogP contribution in [0.3, 0.4) is 0 Å². The molecule has 0 aliphatic heterocycles. The molecule has 0 aromatic heterocycles. The second kappa shape index (κ2) is 5.18. The zero-order valence-electron chi connectivity index (χ0n) is 12.1. The molecule has 5 heteroatoms. The highest BCUT2D eigenvalue weighted by Gasteiger charge is 2.45. The van der Waals surface area contributed by atoms with Gasteiger partial charge in [0.2, 0.25) is 0 Å². The summed E-state index contributed by atoms with van der Waals surface area (Å²) in [6.07, 6.45) is 0.470. The van der Waals surface area contributed by atoms with Crippen LogP contribution in [0.1, 0.15) is 28.4 Å². The van der Waals surface area contributed by atoms with Gasteiger partial charge >= 0.3 is 0 Å². The van der Waals surface area contributed by atoms with Gasteiger partial charge in [0.1, 0.15) is 16.5 Å². The fourth-order valence-corrected chi connectivity index (χ4v) is 3.43. The summed E-state index contributed by atoms with van der Waals surface area (Å²) in [4.78, 5) is 12.9. The number of carbonyl (C=O) groups is 1. The third-order valence-corrected chi connectivity index (χ3v) is 5.13. The van der Waals surface area contributed by atoms with E-state index < -0.39 is 5.41 Å². The molecule has 22 heavy (non-hydrogen) atoms. The molecule has 3 rings (SSSR count). The Morgan fingerprint density at radius 1 is 1.18 bits per heavy atom. The standard InChI is InChI=1S/C17H14Cl2O3/c1-17(10-3-5-11(22-2)6-4-10)8-9-7-12(20)14(18)15(19)13(9)16(17)21/h3-7,20H,8H2,1-2H3/t17-/m0/s1. The number of Topliss-reactive ketones (excluding diaryl/α,β-unsaturated/α-hetero) is 1. The number of ketones is 1. The Balaban J connectivity index is 2.11. The maximum atomic E-state index is 12.9. The molecule has 0 heterocycles. The lowest BCUT2D eigenvalue weighted by Gasteiger charge is -2.22. The molecule has 1 aliphatic carbocycles. The highest BCUT2D eigenvalue weighted by Crippen LogP contribution is 2.47. The van der Waals surface area contributed by atoms with Crippen LogP contribution in [0.2, 0.25) is 10.0 Å². The first-order valence-electron chi connectivity index (χ1n) is 6.77. The highest BCUT2D eigenvalue weighted by atomic mass is 35.5. The first-order valence-corrected chi connectivity index (χ1v) is 7.53. The third kappa shape index (κ3) is 2.08. The van der Waals surface area contributed by atoms with E-state index in [0.717, 1.165) is 16.9 Å². The number of phenolic OH excluding ortho intramolecular Hbond substituents is 1. The van der Waals surface area contributed by atoms with E-state index in [1.807, 2.05) is 31.2 Å². The van der Waals surface area contributed by atoms with Crippen LogP contribution in [0.15, 0.2) is 30.3 Å². The van der Waals surface area contributed by atoms with Crippen LogP contribution in [0.4, 0.5) is 0 Å². The minimum Gasteiger partial charge on any atom is -0.506 e. The Bertz CT molecular complexity index is 768. The molecule has 2 aromatic carbocycles. The van der Waals surface area contributed by atoms with E-state index >= 15 is 0 Å². The molecule has 1 N–H and O–H groups in total. The summed E-state index contributed by atoms with van der Waals surface area (Å²) in [5.74, 6) is 0.547. The average Bonchev–Trinajstić information content (AvgIpc) is 2.77.